The van der Waals surface area contributed by atoms with Crippen LogP contribution in [0.3, 0.4) is 0 Å². The normalized spacial score (nSPS) is 18.7. The van der Waals surface area contributed by atoms with Gasteiger partial charge in [0.15, 0.2) is 0 Å². The molecule has 0 saturated carbocycles. The summed E-state index contributed by atoms with van der Waals surface area (Å²) in [5, 5.41) is 12.8. The molecule has 1 aromatic heterocycles. The molecule has 1 aliphatic rings. The van der Waals surface area contributed by atoms with Crippen molar-refractivity contribution in [3.05, 3.63) is 18.0 Å². The van der Waals surface area contributed by atoms with Gasteiger partial charge in [-0.2, -0.15) is 5.10 Å². The SMILES string of the molecule is Cn1cc(CCC(=O)N2CCC[C@@H](CCC(=O)O)C2)cn1. The molecule has 1 N–H and O–H groups in total. The van der Waals surface area contributed by atoms with E-state index in [1.165, 1.54) is 0 Å². The van der Waals surface area contributed by atoms with Crippen molar-refractivity contribution in [1.29, 1.82) is 0 Å². The lowest BCUT2D eigenvalue weighted by Gasteiger charge is -2.32. The molecular formula is C15H23N3O3. The summed E-state index contributed by atoms with van der Waals surface area (Å²) in [5.74, 6) is -0.258. The number of rotatable bonds is 6. The van der Waals surface area contributed by atoms with E-state index >= 15 is 0 Å². The van der Waals surface area contributed by atoms with Gasteiger partial charge >= 0.3 is 5.97 Å². The highest BCUT2D eigenvalue weighted by atomic mass is 16.4. The van der Waals surface area contributed by atoms with E-state index < -0.39 is 5.97 Å². The van der Waals surface area contributed by atoms with Crippen LogP contribution in [0.15, 0.2) is 12.4 Å². The van der Waals surface area contributed by atoms with Crippen molar-refractivity contribution < 1.29 is 14.7 Å². The summed E-state index contributed by atoms with van der Waals surface area (Å²) in [4.78, 5) is 24.8. The number of carboxylic acid groups (broad SMARTS) is 1. The zero-order valence-corrected chi connectivity index (χ0v) is 12.5. The molecule has 2 rings (SSSR count). The fraction of sp³-hybridized carbons (Fsp3) is 0.667. The predicted molar refractivity (Wildman–Crippen MR) is 77.7 cm³/mol. The van der Waals surface area contributed by atoms with Crippen LogP contribution in [0.4, 0.5) is 0 Å². The number of likely N-dealkylation sites (tertiary alicyclic amines) is 1. The van der Waals surface area contributed by atoms with Crippen LogP contribution in [0.5, 0.6) is 0 Å². The minimum Gasteiger partial charge on any atom is -0.481 e. The van der Waals surface area contributed by atoms with Crippen molar-refractivity contribution in [2.24, 2.45) is 13.0 Å². The Balaban J connectivity index is 1.77. The van der Waals surface area contributed by atoms with Gasteiger partial charge < -0.3 is 10.0 Å². The second-order valence-corrected chi connectivity index (χ2v) is 5.80. The lowest BCUT2D eigenvalue weighted by Crippen LogP contribution is -2.40. The van der Waals surface area contributed by atoms with Crippen molar-refractivity contribution in [3.8, 4) is 0 Å². The molecule has 116 valence electrons. The average molecular weight is 293 g/mol. The number of aryl methyl sites for hydroxylation is 2. The van der Waals surface area contributed by atoms with Crippen LogP contribution in [0.1, 0.15) is 37.7 Å². The first kappa shape index (κ1) is 15.5. The number of carbonyl (C=O) groups excluding carboxylic acids is 1. The van der Waals surface area contributed by atoms with Gasteiger partial charge in [-0.15, -0.1) is 0 Å². The van der Waals surface area contributed by atoms with Gasteiger partial charge in [0, 0.05) is 39.2 Å². The first-order valence-electron chi connectivity index (χ1n) is 7.51. The third kappa shape index (κ3) is 4.88. The zero-order valence-electron chi connectivity index (χ0n) is 12.5. The smallest absolute Gasteiger partial charge is 0.303 e. The van der Waals surface area contributed by atoms with Gasteiger partial charge in [-0.05, 0) is 37.2 Å². The van der Waals surface area contributed by atoms with Crippen molar-refractivity contribution in [3.63, 3.8) is 0 Å². The second-order valence-electron chi connectivity index (χ2n) is 5.80. The number of amides is 1. The number of aliphatic carboxylic acids is 1. The molecule has 1 fully saturated rings. The first-order chi connectivity index (χ1) is 10.0. The van der Waals surface area contributed by atoms with Gasteiger partial charge in [-0.25, -0.2) is 0 Å². The monoisotopic (exact) mass is 293 g/mol. The van der Waals surface area contributed by atoms with E-state index in [-0.39, 0.29) is 12.3 Å². The third-order valence-corrected chi connectivity index (χ3v) is 4.02. The van der Waals surface area contributed by atoms with Crippen molar-refractivity contribution >= 4 is 11.9 Å². The highest BCUT2D eigenvalue weighted by molar-refractivity contribution is 5.76. The zero-order chi connectivity index (χ0) is 15.2. The van der Waals surface area contributed by atoms with Crippen LogP contribution in [-0.4, -0.2) is 44.8 Å². The van der Waals surface area contributed by atoms with Gasteiger partial charge in [0.2, 0.25) is 5.91 Å². The van der Waals surface area contributed by atoms with Crippen LogP contribution < -0.4 is 0 Å². The van der Waals surface area contributed by atoms with Crippen molar-refractivity contribution in [2.75, 3.05) is 13.1 Å². The molecule has 2 heterocycles. The number of carbonyl (C=O) groups is 2. The highest BCUT2D eigenvalue weighted by Crippen LogP contribution is 2.21. The Morgan fingerprint density at radius 1 is 1.43 bits per heavy atom. The van der Waals surface area contributed by atoms with E-state index in [0.29, 0.717) is 31.7 Å². The van der Waals surface area contributed by atoms with E-state index in [0.717, 1.165) is 24.9 Å². The van der Waals surface area contributed by atoms with E-state index in [1.807, 2.05) is 18.1 Å². The maximum atomic E-state index is 12.2. The maximum Gasteiger partial charge on any atom is 0.303 e. The summed E-state index contributed by atoms with van der Waals surface area (Å²) in [5.41, 5.74) is 1.07. The second kappa shape index (κ2) is 7.24. The molecule has 0 bridgehead atoms. The lowest BCUT2D eigenvalue weighted by molar-refractivity contribution is -0.137. The minimum atomic E-state index is -0.755. The Bertz CT molecular complexity index is 498. The molecule has 6 heteroatoms. The fourth-order valence-electron chi connectivity index (χ4n) is 2.87. The average Bonchev–Trinajstić information content (AvgIpc) is 2.88. The highest BCUT2D eigenvalue weighted by Gasteiger charge is 2.23. The standard InChI is InChI=1S/C15H23N3O3/c1-17-10-13(9-16-17)4-6-14(19)18-8-2-3-12(11-18)5-7-15(20)21/h9-10,12H,2-8,11H2,1H3,(H,20,21)/t12-/m0/s1. The molecule has 0 spiro atoms. The van der Waals surface area contributed by atoms with E-state index in [2.05, 4.69) is 5.10 Å². The summed E-state index contributed by atoms with van der Waals surface area (Å²) in [6.45, 7) is 1.51. The molecule has 1 amide bonds. The molecule has 0 aromatic carbocycles. The summed E-state index contributed by atoms with van der Waals surface area (Å²) in [6, 6.07) is 0. The molecular weight excluding hydrogens is 270 g/mol. The first-order valence-corrected chi connectivity index (χ1v) is 7.51. The number of hydrogen-bond acceptors (Lipinski definition) is 3. The van der Waals surface area contributed by atoms with Crippen LogP contribution in [-0.2, 0) is 23.1 Å². The van der Waals surface area contributed by atoms with Crippen LogP contribution >= 0.6 is 0 Å². The van der Waals surface area contributed by atoms with E-state index in [4.69, 9.17) is 5.11 Å². The van der Waals surface area contributed by atoms with Gasteiger partial charge in [0.25, 0.3) is 0 Å². The van der Waals surface area contributed by atoms with E-state index in [1.54, 1.807) is 10.9 Å². The van der Waals surface area contributed by atoms with Crippen molar-refractivity contribution in [1.82, 2.24) is 14.7 Å². The van der Waals surface area contributed by atoms with E-state index in [9.17, 15) is 9.59 Å². The topological polar surface area (TPSA) is 75.4 Å². The van der Waals surface area contributed by atoms with Crippen LogP contribution in [0.25, 0.3) is 0 Å². The number of carboxylic acids is 1. The summed E-state index contributed by atoms with van der Waals surface area (Å²) in [6.07, 6.45) is 7.80. The maximum absolute atomic E-state index is 12.2. The molecule has 1 aromatic rings. The van der Waals surface area contributed by atoms with Crippen LogP contribution in [0.2, 0.25) is 0 Å². The number of aromatic nitrogens is 2. The van der Waals surface area contributed by atoms with Gasteiger partial charge in [-0.3, -0.25) is 14.3 Å². The summed E-state index contributed by atoms with van der Waals surface area (Å²) in [7, 11) is 1.86. The molecule has 0 aliphatic carbocycles. The Labute approximate surface area is 124 Å². The Morgan fingerprint density at radius 3 is 2.90 bits per heavy atom. The number of hydrogen-bond donors (Lipinski definition) is 1. The molecule has 6 nitrogen and oxygen atoms in total. The van der Waals surface area contributed by atoms with Crippen LogP contribution in [0, 0.1) is 5.92 Å². The molecule has 1 atom stereocenters. The minimum absolute atomic E-state index is 0.166. The molecule has 21 heavy (non-hydrogen) atoms. The quantitative estimate of drug-likeness (QED) is 0.861. The Morgan fingerprint density at radius 2 is 2.24 bits per heavy atom. The third-order valence-electron chi connectivity index (χ3n) is 4.02. The largest absolute Gasteiger partial charge is 0.481 e. The Hall–Kier alpha value is -1.85. The van der Waals surface area contributed by atoms with Gasteiger partial charge in [0.05, 0.1) is 6.20 Å². The molecule has 1 aliphatic heterocycles. The predicted octanol–water partition coefficient (Wildman–Crippen LogP) is 1.46. The molecule has 1 saturated heterocycles. The fourth-order valence-corrected chi connectivity index (χ4v) is 2.87. The summed E-state index contributed by atoms with van der Waals surface area (Å²) < 4.78 is 1.74. The lowest BCUT2D eigenvalue weighted by atomic mass is 9.93. The Kier molecular flexibility index (Phi) is 5.36. The molecule has 0 unspecified atom stereocenters. The summed E-state index contributed by atoms with van der Waals surface area (Å²) >= 11 is 0. The number of piperidine rings is 1. The molecule has 0 radical (unpaired) electrons. The number of nitrogens with zero attached hydrogens (tertiary/aromatic N) is 3. The van der Waals surface area contributed by atoms with Gasteiger partial charge in [0.1, 0.15) is 0 Å². The van der Waals surface area contributed by atoms with Crippen molar-refractivity contribution in [2.45, 2.75) is 38.5 Å². The van der Waals surface area contributed by atoms with Gasteiger partial charge in [-0.1, -0.05) is 0 Å².